The number of likely N-dealkylation sites (tertiary alicyclic amines) is 1. The summed E-state index contributed by atoms with van der Waals surface area (Å²) in [5, 5.41) is 4.45. The minimum absolute atomic E-state index is 0.454. The maximum atomic E-state index is 6.15. The fourth-order valence-electron chi connectivity index (χ4n) is 2.99. The maximum absolute atomic E-state index is 6.15. The predicted octanol–water partition coefficient (Wildman–Crippen LogP) is 3.55. The molecule has 1 aliphatic rings. The molecule has 1 aliphatic heterocycles. The van der Waals surface area contributed by atoms with Gasteiger partial charge in [-0.15, -0.1) is 0 Å². The summed E-state index contributed by atoms with van der Waals surface area (Å²) in [5.74, 6) is 0.697. The summed E-state index contributed by atoms with van der Waals surface area (Å²) in [7, 11) is 6.34. The second-order valence-electron chi connectivity index (χ2n) is 6.15. The summed E-state index contributed by atoms with van der Waals surface area (Å²) >= 11 is 6.15. The van der Waals surface area contributed by atoms with Crippen molar-refractivity contribution in [1.29, 1.82) is 0 Å². The Morgan fingerprint density at radius 3 is 2.80 bits per heavy atom. The first-order valence-electron chi connectivity index (χ1n) is 7.39. The highest BCUT2D eigenvalue weighted by Gasteiger charge is 2.23. The van der Waals surface area contributed by atoms with Crippen molar-refractivity contribution in [2.45, 2.75) is 25.8 Å². The summed E-state index contributed by atoms with van der Waals surface area (Å²) in [6.07, 6.45) is 2.60. The van der Waals surface area contributed by atoms with Crippen molar-refractivity contribution >= 4 is 23.0 Å². The summed E-state index contributed by atoms with van der Waals surface area (Å²) in [6.45, 7) is 4.68. The molecule has 2 atom stereocenters. The lowest BCUT2D eigenvalue weighted by Crippen LogP contribution is -2.40. The molecule has 4 heteroatoms. The Labute approximate surface area is 127 Å². The molecule has 1 saturated heterocycles. The van der Waals surface area contributed by atoms with Gasteiger partial charge >= 0.3 is 0 Å². The van der Waals surface area contributed by atoms with Crippen molar-refractivity contribution < 1.29 is 0 Å². The number of piperidine rings is 1. The summed E-state index contributed by atoms with van der Waals surface area (Å²) < 4.78 is 0. The fourth-order valence-corrected chi connectivity index (χ4v) is 3.16. The third-order valence-corrected chi connectivity index (χ3v) is 4.43. The Balaban J connectivity index is 2.10. The van der Waals surface area contributed by atoms with E-state index >= 15 is 0 Å². The molecule has 112 valence electrons. The molecule has 3 nitrogen and oxygen atoms in total. The third-order valence-electron chi connectivity index (χ3n) is 4.19. The molecule has 1 aromatic carbocycles. The van der Waals surface area contributed by atoms with Gasteiger partial charge in [0.1, 0.15) is 0 Å². The Morgan fingerprint density at radius 2 is 2.15 bits per heavy atom. The Kier molecular flexibility index (Phi) is 5.17. The largest absolute Gasteiger partial charge is 0.381 e. The van der Waals surface area contributed by atoms with Crippen LogP contribution in [0.1, 0.15) is 19.8 Å². The van der Waals surface area contributed by atoms with Gasteiger partial charge in [-0.1, -0.05) is 11.6 Å². The van der Waals surface area contributed by atoms with Crippen LogP contribution >= 0.6 is 11.6 Å². The highest BCUT2D eigenvalue weighted by atomic mass is 35.5. The van der Waals surface area contributed by atoms with E-state index in [9.17, 15) is 0 Å². The summed E-state index contributed by atoms with van der Waals surface area (Å²) in [5.41, 5.74) is 2.31. The second-order valence-corrected chi connectivity index (χ2v) is 6.59. The van der Waals surface area contributed by atoms with Gasteiger partial charge in [0.25, 0.3) is 0 Å². The van der Waals surface area contributed by atoms with Crippen LogP contribution < -0.4 is 10.2 Å². The lowest BCUT2D eigenvalue weighted by atomic mass is 9.91. The lowest BCUT2D eigenvalue weighted by molar-refractivity contribution is 0.197. The zero-order chi connectivity index (χ0) is 14.7. The van der Waals surface area contributed by atoms with Crippen LogP contribution in [-0.2, 0) is 0 Å². The first-order chi connectivity index (χ1) is 9.47. The van der Waals surface area contributed by atoms with Crippen LogP contribution in [0.2, 0.25) is 5.02 Å². The average molecular weight is 296 g/mol. The van der Waals surface area contributed by atoms with Crippen LogP contribution in [0.15, 0.2) is 18.2 Å². The van der Waals surface area contributed by atoms with E-state index in [1.165, 1.54) is 31.6 Å². The third kappa shape index (κ3) is 3.80. The lowest BCUT2D eigenvalue weighted by Gasteiger charge is -2.35. The van der Waals surface area contributed by atoms with Crippen LogP contribution in [0.4, 0.5) is 11.4 Å². The summed E-state index contributed by atoms with van der Waals surface area (Å²) in [4.78, 5) is 4.55. The molecular weight excluding hydrogens is 270 g/mol. The monoisotopic (exact) mass is 295 g/mol. The van der Waals surface area contributed by atoms with E-state index in [-0.39, 0.29) is 0 Å². The first kappa shape index (κ1) is 15.5. The normalized spacial score (nSPS) is 21.6. The molecule has 20 heavy (non-hydrogen) atoms. The summed E-state index contributed by atoms with van der Waals surface area (Å²) in [6, 6.07) is 6.50. The highest BCUT2D eigenvalue weighted by Crippen LogP contribution is 2.30. The second kappa shape index (κ2) is 6.68. The number of nitrogens with zero attached hydrogens (tertiary/aromatic N) is 2. The van der Waals surface area contributed by atoms with Gasteiger partial charge in [0, 0.05) is 31.7 Å². The molecule has 1 aromatic rings. The number of hydrogen-bond acceptors (Lipinski definition) is 3. The molecule has 2 rings (SSSR count). The van der Waals surface area contributed by atoms with Crippen molar-refractivity contribution in [3.05, 3.63) is 23.2 Å². The zero-order valence-corrected chi connectivity index (χ0v) is 13.7. The molecule has 1 heterocycles. The van der Waals surface area contributed by atoms with Crippen molar-refractivity contribution in [2.75, 3.05) is 44.4 Å². The topological polar surface area (TPSA) is 18.5 Å². The Morgan fingerprint density at radius 1 is 1.40 bits per heavy atom. The van der Waals surface area contributed by atoms with Crippen molar-refractivity contribution in [1.82, 2.24) is 4.90 Å². The Bertz CT molecular complexity index is 447. The van der Waals surface area contributed by atoms with E-state index in [2.05, 4.69) is 49.2 Å². The molecule has 0 saturated carbocycles. The molecule has 0 aliphatic carbocycles. The number of halogens is 1. The van der Waals surface area contributed by atoms with Crippen LogP contribution in [0.25, 0.3) is 0 Å². The molecule has 1 fully saturated rings. The van der Waals surface area contributed by atoms with E-state index in [4.69, 9.17) is 11.6 Å². The van der Waals surface area contributed by atoms with E-state index in [1.54, 1.807) is 0 Å². The van der Waals surface area contributed by atoms with Gasteiger partial charge in [-0.2, -0.15) is 0 Å². The molecular formula is C16H26ClN3. The van der Waals surface area contributed by atoms with Gasteiger partial charge in [0.2, 0.25) is 0 Å². The van der Waals surface area contributed by atoms with Gasteiger partial charge in [-0.3, -0.25) is 0 Å². The van der Waals surface area contributed by atoms with E-state index in [0.29, 0.717) is 12.0 Å². The number of benzene rings is 1. The number of rotatable bonds is 4. The minimum atomic E-state index is 0.454. The van der Waals surface area contributed by atoms with Gasteiger partial charge in [0.05, 0.1) is 11.4 Å². The van der Waals surface area contributed by atoms with Gasteiger partial charge in [0.15, 0.2) is 0 Å². The zero-order valence-electron chi connectivity index (χ0n) is 13.0. The van der Waals surface area contributed by atoms with E-state index in [1.807, 2.05) is 12.1 Å². The van der Waals surface area contributed by atoms with Crippen LogP contribution in [0.5, 0.6) is 0 Å². The quantitative estimate of drug-likeness (QED) is 0.916. The predicted molar refractivity (Wildman–Crippen MR) is 89.1 cm³/mol. The standard InChI is InChI=1S/C16H26ClN3/c1-12(13-6-5-9-20(4)11-13)18-15-10-14(17)7-8-16(15)19(2)3/h7-8,10,12-13,18H,5-6,9,11H2,1-4H3. The fraction of sp³-hybridized carbons (Fsp3) is 0.625. The first-order valence-corrected chi connectivity index (χ1v) is 7.77. The molecule has 0 radical (unpaired) electrons. The van der Waals surface area contributed by atoms with Crippen molar-refractivity contribution in [3.8, 4) is 0 Å². The average Bonchev–Trinajstić information content (AvgIpc) is 2.38. The number of anilines is 2. The Hall–Kier alpha value is -0.930. The minimum Gasteiger partial charge on any atom is -0.381 e. The molecule has 2 unspecified atom stereocenters. The van der Waals surface area contributed by atoms with E-state index < -0.39 is 0 Å². The number of nitrogens with one attached hydrogen (secondary N) is 1. The van der Waals surface area contributed by atoms with Crippen molar-refractivity contribution in [3.63, 3.8) is 0 Å². The highest BCUT2D eigenvalue weighted by molar-refractivity contribution is 6.31. The molecule has 1 N–H and O–H groups in total. The van der Waals surface area contributed by atoms with Gasteiger partial charge in [-0.25, -0.2) is 0 Å². The SMILES string of the molecule is CC(Nc1cc(Cl)ccc1N(C)C)C1CCCN(C)C1. The van der Waals surface area contributed by atoms with Crippen LogP contribution in [-0.4, -0.2) is 45.2 Å². The number of hydrogen-bond donors (Lipinski definition) is 1. The van der Waals surface area contributed by atoms with Crippen LogP contribution in [0, 0.1) is 5.92 Å². The van der Waals surface area contributed by atoms with Crippen LogP contribution in [0.3, 0.4) is 0 Å². The molecule has 0 bridgehead atoms. The van der Waals surface area contributed by atoms with Gasteiger partial charge in [-0.05, 0) is 57.5 Å². The van der Waals surface area contributed by atoms with Crippen molar-refractivity contribution in [2.24, 2.45) is 5.92 Å². The van der Waals surface area contributed by atoms with Gasteiger partial charge < -0.3 is 15.1 Å². The maximum Gasteiger partial charge on any atom is 0.0597 e. The molecule has 0 amide bonds. The van der Waals surface area contributed by atoms with E-state index in [0.717, 1.165) is 10.7 Å². The molecule has 0 aromatic heterocycles. The smallest absolute Gasteiger partial charge is 0.0597 e. The molecule has 0 spiro atoms.